The Balaban J connectivity index is 1.53. The highest BCUT2D eigenvalue weighted by molar-refractivity contribution is 5.58. The normalized spacial score (nSPS) is 15.6. The molecule has 5 heteroatoms. The van der Waals surface area contributed by atoms with Crippen LogP contribution in [0.1, 0.15) is 5.69 Å². The average Bonchev–Trinajstić information content (AvgIpc) is 2.61. The van der Waals surface area contributed by atoms with Gasteiger partial charge < -0.3 is 15.4 Å². The van der Waals surface area contributed by atoms with E-state index in [2.05, 4.69) is 26.9 Å². The molecule has 23 heavy (non-hydrogen) atoms. The number of hydrogen-bond acceptors (Lipinski definition) is 5. The van der Waals surface area contributed by atoms with E-state index in [1.54, 1.807) is 7.11 Å². The third kappa shape index (κ3) is 3.74. The van der Waals surface area contributed by atoms with Crippen LogP contribution in [0, 0.1) is 0 Å². The predicted molar refractivity (Wildman–Crippen MR) is 94.0 cm³/mol. The average molecular weight is 312 g/mol. The third-order valence-corrected chi connectivity index (χ3v) is 4.39. The van der Waals surface area contributed by atoms with Gasteiger partial charge in [-0.25, -0.2) is 0 Å². The van der Waals surface area contributed by atoms with E-state index in [1.165, 1.54) is 5.69 Å². The largest absolute Gasteiger partial charge is 0.495 e. The minimum Gasteiger partial charge on any atom is -0.495 e. The van der Waals surface area contributed by atoms with E-state index in [4.69, 9.17) is 10.5 Å². The summed E-state index contributed by atoms with van der Waals surface area (Å²) < 4.78 is 5.47. The maximum Gasteiger partial charge on any atom is 0.142 e. The standard InChI is InChI=1S/C18H24N4O/c1-23-18-7-3-2-6-17(18)22-13-11-21(12-14-22)10-8-16-15(19)5-4-9-20-16/h2-7,9H,8,10-14,19H2,1H3. The summed E-state index contributed by atoms with van der Waals surface area (Å²) in [5, 5.41) is 0. The van der Waals surface area contributed by atoms with Crippen LogP contribution in [0.3, 0.4) is 0 Å². The molecular formula is C18H24N4O. The molecule has 5 nitrogen and oxygen atoms in total. The smallest absolute Gasteiger partial charge is 0.142 e. The van der Waals surface area contributed by atoms with E-state index >= 15 is 0 Å². The van der Waals surface area contributed by atoms with Crippen LogP contribution < -0.4 is 15.4 Å². The van der Waals surface area contributed by atoms with Crippen molar-refractivity contribution in [2.75, 3.05) is 50.5 Å². The molecule has 0 atom stereocenters. The maximum atomic E-state index is 5.96. The van der Waals surface area contributed by atoms with E-state index in [9.17, 15) is 0 Å². The van der Waals surface area contributed by atoms with Gasteiger partial charge in [-0.1, -0.05) is 12.1 Å². The van der Waals surface area contributed by atoms with Crippen molar-refractivity contribution in [2.45, 2.75) is 6.42 Å². The second kappa shape index (κ2) is 7.33. The molecule has 1 aliphatic heterocycles. The second-order valence-electron chi connectivity index (χ2n) is 5.79. The molecule has 2 heterocycles. The lowest BCUT2D eigenvalue weighted by atomic mass is 10.2. The lowest BCUT2D eigenvalue weighted by Crippen LogP contribution is -2.47. The zero-order chi connectivity index (χ0) is 16.1. The van der Waals surface area contributed by atoms with Crippen LogP contribution in [0.4, 0.5) is 11.4 Å². The number of benzene rings is 1. The van der Waals surface area contributed by atoms with Crippen LogP contribution in [-0.4, -0.2) is 49.7 Å². The second-order valence-corrected chi connectivity index (χ2v) is 5.79. The molecule has 1 fully saturated rings. The first kappa shape index (κ1) is 15.6. The number of para-hydroxylation sites is 2. The van der Waals surface area contributed by atoms with Crippen LogP contribution in [-0.2, 0) is 6.42 Å². The van der Waals surface area contributed by atoms with Crippen molar-refractivity contribution in [2.24, 2.45) is 0 Å². The van der Waals surface area contributed by atoms with Gasteiger partial charge in [-0.3, -0.25) is 9.88 Å². The summed E-state index contributed by atoms with van der Waals surface area (Å²) in [5.41, 5.74) is 8.94. The number of piperazine rings is 1. The summed E-state index contributed by atoms with van der Waals surface area (Å²) >= 11 is 0. The molecule has 122 valence electrons. The Morgan fingerprint density at radius 1 is 1.09 bits per heavy atom. The van der Waals surface area contributed by atoms with Gasteiger partial charge in [-0.15, -0.1) is 0 Å². The van der Waals surface area contributed by atoms with Gasteiger partial charge in [-0.2, -0.15) is 0 Å². The fraction of sp³-hybridized carbons (Fsp3) is 0.389. The quantitative estimate of drug-likeness (QED) is 0.915. The van der Waals surface area contributed by atoms with Crippen LogP contribution in [0.2, 0.25) is 0 Å². The maximum absolute atomic E-state index is 5.96. The first-order valence-corrected chi connectivity index (χ1v) is 8.07. The van der Waals surface area contributed by atoms with Crippen molar-refractivity contribution in [3.63, 3.8) is 0 Å². The van der Waals surface area contributed by atoms with Crippen molar-refractivity contribution in [3.8, 4) is 5.75 Å². The number of nitrogen functional groups attached to an aromatic ring is 1. The van der Waals surface area contributed by atoms with E-state index in [0.29, 0.717) is 0 Å². The number of ether oxygens (including phenoxy) is 1. The molecule has 2 N–H and O–H groups in total. The third-order valence-electron chi connectivity index (χ3n) is 4.39. The van der Waals surface area contributed by atoms with Gasteiger partial charge in [0.1, 0.15) is 5.75 Å². The molecule has 0 bridgehead atoms. The van der Waals surface area contributed by atoms with Crippen LogP contribution in [0.5, 0.6) is 5.75 Å². The molecule has 0 amide bonds. The summed E-state index contributed by atoms with van der Waals surface area (Å²) in [6, 6.07) is 12.0. The summed E-state index contributed by atoms with van der Waals surface area (Å²) in [6.45, 7) is 5.12. The highest BCUT2D eigenvalue weighted by atomic mass is 16.5. The van der Waals surface area contributed by atoms with E-state index in [0.717, 1.165) is 56.3 Å². The van der Waals surface area contributed by atoms with Gasteiger partial charge in [0, 0.05) is 45.3 Å². The van der Waals surface area contributed by atoms with Crippen molar-refractivity contribution >= 4 is 11.4 Å². The molecule has 1 saturated heterocycles. The number of methoxy groups -OCH3 is 1. The van der Waals surface area contributed by atoms with Crippen molar-refractivity contribution in [1.29, 1.82) is 0 Å². The van der Waals surface area contributed by atoms with Gasteiger partial charge >= 0.3 is 0 Å². The number of nitrogens with two attached hydrogens (primary N) is 1. The van der Waals surface area contributed by atoms with Crippen molar-refractivity contribution in [1.82, 2.24) is 9.88 Å². The van der Waals surface area contributed by atoms with Gasteiger partial charge in [-0.05, 0) is 24.3 Å². The Hall–Kier alpha value is -2.27. The molecule has 0 saturated carbocycles. The van der Waals surface area contributed by atoms with Gasteiger partial charge in [0.05, 0.1) is 24.2 Å². The Kier molecular flexibility index (Phi) is 4.98. The van der Waals surface area contributed by atoms with Gasteiger partial charge in [0.25, 0.3) is 0 Å². The zero-order valence-electron chi connectivity index (χ0n) is 13.6. The molecule has 0 spiro atoms. The monoisotopic (exact) mass is 312 g/mol. The lowest BCUT2D eigenvalue weighted by molar-refractivity contribution is 0.259. The van der Waals surface area contributed by atoms with Crippen molar-refractivity contribution < 1.29 is 4.74 Å². The molecule has 1 aliphatic rings. The van der Waals surface area contributed by atoms with Crippen LogP contribution in [0.15, 0.2) is 42.6 Å². The van der Waals surface area contributed by atoms with E-state index in [-0.39, 0.29) is 0 Å². The molecule has 0 radical (unpaired) electrons. The molecule has 0 unspecified atom stereocenters. The Morgan fingerprint density at radius 3 is 2.61 bits per heavy atom. The lowest BCUT2D eigenvalue weighted by Gasteiger charge is -2.36. The highest BCUT2D eigenvalue weighted by Crippen LogP contribution is 2.28. The summed E-state index contributed by atoms with van der Waals surface area (Å²) in [5.74, 6) is 0.946. The molecule has 3 rings (SSSR count). The fourth-order valence-electron chi connectivity index (χ4n) is 3.03. The van der Waals surface area contributed by atoms with Gasteiger partial charge in [0.15, 0.2) is 0 Å². The molecule has 1 aromatic carbocycles. The van der Waals surface area contributed by atoms with Gasteiger partial charge in [0.2, 0.25) is 0 Å². The number of anilines is 2. The molecule has 1 aromatic heterocycles. The Labute approximate surface area is 137 Å². The van der Waals surface area contributed by atoms with Crippen LogP contribution in [0.25, 0.3) is 0 Å². The summed E-state index contributed by atoms with van der Waals surface area (Å²) in [7, 11) is 1.73. The number of nitrogens with zero attached hydrogens (tertiary/aromatic N) is 3. The SMILES string of the molecule is COc1ccccc1N1CCN(CCc2ncccc2N)CC1. The first-order chi connectivity index (χ1) is 11.3. The van der Waals surface area contributed by atoms with E-state index in [1.807, 2.05) is 30.5 Å². The molecule has 2 aromatic rings. The topological polar surface area (TPSA) is 54.6 Å². The number of hydrogen-bond donors (Lipinski definition) is 1. The number of aromatic nitrogens is 1. The zero-order valence-corrected chi connectivity index (χ0v) is 13.6. The summed E-state index contributed by atoms with van der Waals surface area (Å²) in [4.78, 5) is 9.23. The minimum atomic E-state index is 0.792. The first-order valence-electron chi connectivity index (χ1n) is 8.07. The molecular weight excluding hydrogens is 288 g/mol. The van der Waals surface area contributed by atoms with Crippen molar-refractivity contribution in [3.05, 3.63) is 48.3 Å². The predicted octanol–water partition coefficient (Wildman–Crippen LogP) is 2.04. The highest BCUT2D eigenvalue weighted by Gasteiger charge is 2.19. The Bertz CT molecular complexity index is 638. The minimum absolute atomic E-state index is 0.792. The molecule has 0 aliphatic carbocycles. The van der Waals surface area contributed by atoms with E-state index < -0.39 is 0 Å². The Morgan fingerprint density at radius 2 is 1.87 bits per heavy atom. The van der Waals surface area contributed by atoms with Crippen LogP contribution >= 0.6 is 0 Å². The number of rotatable bonds is 5. The number of pyridine rings is 1. The fourth-order valence-corrected chi connectivity index (χ4v) is 3.03. The summed E-state index contributed by atoms with van der Waals surface area (Å²) in [6.07, 6.45) is 2.71.